The third-order valence-corrected chi connectivity index (χ3v) is 0. The highest BCUT2D eigenvalue weighted by Gasteiger charge is 1.18. The quantitative estimate of drug-likeness (QED) is 0.678. The maximum atomic E-state index is 7.32. The largest absolute Gasteiger partial charge is 0.400 e. The number of rotatable bonds is 0. The fraction of sp³-hybridized carbons (Fsp3) is 0.583. The fourth-order valence-corrected chi connectivity index (χ4v) is 0. The van der Waals surface area contributed by atoms with Gasteiger partial charge in [-0.05, 0) is 0 Å². The first-order valence-electron chi connectivity index (χ1n) is 4.51. The summed E-state index contributed by atoms with van der Waals surface area (Å²) < 4.78 is 0. The molecule has 0 atom stereocenters. The van der Waals surface area contributed by atoms with E-state index in [0.717, 1.165) is 14.2 Å². The Morgan fingerprint density at radius 3 is 0.421 bits per heavy atom. The second-order valence-electron chi connectivity index (χ2n) is 1.12. The molecule has 0 aromatic carbocycles. The van der Waals surface area contributed by atoms with Gasteiger partial charge in [-0.3, -0.25) is 0 Å². The zero-order valence-electron chi connectivity index (χ0n) is 12.6. The van der Waals surface area contributed by atoms with Gasteiger partial charge in [-0.2, -0.15) is 26.3 Å². The van der Waals surface area contributed by atoms with Crippen molar-refractivity contribution in [1.82, 2.24) is 0 Å². The van der Waals surface area contributed by atoms with Crippen LogP contribution in [0.15, 0.2) is 0 Å². The lowest BCUT2D eigenvalue weighted by Crippen LogP contribution is -1.25. The van der Waals surface area contributed by atoms with Crippen LogP contribution in [0.1, 0.15) is 34.6 Å². The number of nitrogens with zero attached hydrogens (tertiary/aromatic N) is 5. The van der Waals surface area contributed by atoms with Crippen LogP contribution in [-0.2, 0) is 0 Å². The maximum Gasteiger partial charge on any atom is 0.0587 e. The van der Waals surface area contributed by atoms with Crippen molar-refractivity contribution in [2.24, 2.45) is 0 Å². The van der Waals surface area contributed by atoms with Crippen molar-refractivity contribution in [3.63, 3.8) is 0 Å². The minimum Gasteiger partial charge on any atom is -0.400 e. The van der Waals surface area contributed by atoms with Crippen LogP contribution in [0.5, 0.6) is 0 Å². The van der Waals surface area contributed by atoms with E-state index < -0.39 is 0 Å². The smallest absolute Gasteiger partial charge is 0.0587 e. The van der Waals surface area contributed by atoms with E-state index >= 15 is 0 Å². The Bertz CT molecular complexity index is 201. The Balaban J connectivity index is -0.0000000178. The Kier molecular flexibility index (Phi) is 1310. The van der Waals surface area contributed by atoms with E-state index in [4.69, 9.17) is 36.5 Å². The van der Waals surface area contributed by atoms with Gasteiger partial charge in [0.1, 0.15) is 0 Å². The minimum absolute atomic E-state index is 1.00. The van der Waals surface area contributed by atoms with Gasteiger partial charge < -0.3 is 10.2 Å². The summed E-state index contributed by atoms with van der Waals surface area (Å²) >= 11 is 0. The number of nitriles is 5. The summed E-state index contributed by atoms with van der Waals surface area (Å²) in [7, 11) is 2.00. The van der Waals surface area contributed by atoms with Gasteiger partial charge >= 0.3 is 0 Å². The molecule has 7 heteroatoms. The highest BCUT2D eigenvalue weighted by molar-refractivity contribution is 4.52. The summed E-state index contributed by atoms with van der Waals surface area (Å²) in [6.45, 7) is 7.15. The monoisotopic (exact) mass is 269 g/mol. The van der Waals surface area contributed by atoms with E-state index in [1.165, 1.54) is 34.6 Å². The molecule has 19 heavy (non-hydrogen) atoms. The van der Waals surface area contributed by atoms with E-state index in [2.05, 4.69) is 0 Å². The molecular weight excluding hydrogens is 246 g/mol. The average molecular weight is 269 g/mol. The standard InChI is InChI=1S/5C2H3N.2CH4O/c5*1-2-3;2*1-2/h5*1H3;2*2H,1H3. The molecule has 0 amide bonds. The molecule has 0 aromatic heterocycles. The third kappa shape index (κ3) is 397. The van der Waals surface area contributed by atoms with E-state index in [9.17, 15) is 0 Å². The Labute approximate surface area is 116 Å². The van der Waals surface area contributed by atoms with Gasteiger partial charge in [-0.25, -0.2) is 0 Å². The molecule has 108 valence electrons. The van der Waals surface area contributed by atoms with Crippen LogP contribution in [0.2, 0.25) is 0 Å². The first kappa shape index (κ1) is 44.0. The van der Waals surface area contributed by atoms with E-state index in [1.54, 1.807) is 30.3 Å². The normalized spacial score (nSPS) is 2.74. The summed E-state index contributed by atoms with van der Waals surface area (Å²) in [5.41, 5.74) is 0. The molecule has 0 fully saturated rings. The molecule has 0 bridgehead atoms. The first-order chi connectivity index (χ1) is 9.07. The zero-order chi connectivity index (χ0) is 17.5. The predicted molar refractivity (Wildman–Crippen MR) is 72.7 cm³/mol. The lowest BCUT2D eigenvalue weighted by atomic mass is 11.0. The van der Waals surface area contributed by atoms with Crippen LogP contribution in [0, 0.1) is 56.7 Å². The first-order valence-corrected chi connectivity index (χ1v) is 4.51. The molecule has 0 saturated heterocycles. The number of hydrogen-bond donors (Lipinski definition) is 2. The summed E-state index contributed by atoms with van der Waals surface area (Å²) in [6.07, 6.45) is 0. The van der Waals surface area contributed by atoms with Crippen molar-refractivity contribution in [3.8, 4) is 30.3 Å². The molecular formula is C12H23N5O2. The SMILES string of the molecule is CC#N.CC#N.CC#N.CC#N.CC#N.CO.CO. The highest BCUT2D eigenvalue weighted by atomic mass is 16.2. The Morgan fingerprint density at radius 1 is 0.421 bits per heavy atom. The predicted octanol–water partition coefficient (Wildman–Crippen LogP) is 1.87. The highest BCUT2D eigenvalue weighted by Crippen LogP contribution is 1.23. The van der Waals surface area contributed by atoms with Gasteiger partial charge in [0, 0.05) is 48.8 Å². The molecule has 0 unspecified atom stereocenters. The Morgan fingerprint density at radius 2 is 0.421 bits per heavy atom. The molecule has 0 radical (unpaired) electrons. The van der Waals surface area contributed by atoms with E-state index in [1.807, 2.05) is 0 Å². The van der Waals surface area contributed by atoms with Gasteiger partial charge in [0.15, 0.2) is 0 Å². The van der Waals surface area contributed by atoms with Crippen LogP contribution < -0.4 is 0 Å². The summed E-state index contributed by atoms with van der Waals surface area (Å²) in [6, 6.07) is 8.75. The maximum absolute atomic E-state index is 7.32. The molecule has 0 aliphatic carbocycles. The minimum atomic E-state index is 1.00. The Hall–Kier alpha value is -2.63. The summed E-state index contributed by atoms with van der Waals surface area (Å²) in [5, 5.41) is 50.6. The molecule has 0 spiro atoms. The van der Waals surface area contributed by atoms with Crippen molar-refractivity contribution in [3.05, 3.63) is 0 Å². The second kappa shape index (κ2) is 565. The van der Waals surface area contributed by atoms with Gasteiger partial charge in [-0.1, -0.05) is 0 Å². The zero-order valence-corrected chi connectivity index (χ0v) is 12.6. The molecule has 7 nitrogen and oxygen atoms in total. The molecule has 2 N–H and O–H groups in total. The van der Waals surface area contributed by atoms with Crippen LogP contribution in [0.3, 0.4) is 0 Å². The van der Waals surface area contributed by atoms with Crippen LogP contribution >= 0.6 is 0 Å². The molecule has 0 aromatic rings. The molecule has 0 saturated carbocycles. The van der Waals surface area contributed by atoms with Gasteiger partial charge in [-0.15, -0.1) is 0 Å². The fourth-order valence-electron chi connectivity index (χ4n) is 0. The third-order valence-electron chi connectivity index (χ3n) is 0. The number of aliphatic hydroxyl groups excluding tert-OH is 2. The van der Waals surface area contributed by atoms with Gasteiger partial charge in [0.05, 0.1) is 30.3 Å². The topological polar surface area (TPSA) is 159 Å². The van der Waals surface area contributed by atoms with Crippen molar-refractivity contribution >= 4 is 0 Å². The second-order valence-corrected chi connectivity index (χ2v) is 1.12. The average Bonchev–Trinajstić information content (AvgIpc) is 2.38. The van der Waals surface area contributed by atoms with E-state index in [-0.39, 0.29) is 0 Å². The van der Waals surface area contributed by atoms with Crippen LogP contribution in [0.25, 0.3) is 0 Å². The lowest BCUT2D eigenvalue weighted by Gasteiger charge is -1.21. The summed E-state index contributed by atoms with van der Waals surface area (Å²) in [4.78, 5) is 0. The van der Waals surface area contributed by atoms with Crippen molar-refractivity contribution in [2.45, 2.75) is 34.6 Å². The summed E-state index contributed by atoms with van der Waals surface area (Å²) in [5.74, 6) is 0. The van der Waals surface area contributed by atoms with Gasteiger partial charge in [0.2, 0.25) is 0 Å². The van der Waals surface area contributed by atoms with Crippen LogP contribution in [-0.4, -0.2) is 24.4 Å². The van der Waals surface area contributed by atoms with Crippen LogP contribution in [0.4, 0.5) is 0 Å². The van der Waals surface area contributed by atoms with Gasteiger partial charge in [0.25, 0.3) is 0 Å². The van der Waals surface area contributed by atoms with E-state index in [0.29, 0.717) is 0 Å². The molecule has 0 rings (SSSR count). The molecule has 0 aliphatic heterocycles. The number of aliphatic hydroxyl groups is 2. The van der Waals surface area contributed by atoms with Crippen molar-refractivity contribution in [1.29, 1.82) is 26.3 Å². The number of hydrogen-bond acceptors (Lipinski definition) is 7. The lowest BCUT2D eigenvalue weighted by molar-refractivity contribution is 0.399. The molecule has 0 aliphatic rings. The molecule has 0 heterocycles. The van der Waals surface area contributed by atoms with Crippen molar-refractivity contribution in [2.75, 3.05) is 14.2 Å². The van der Waals surface area contributed by atoms with Crippen molar-refractivity contribution < 1.29 is 10.2 Å².